The molecule has 0 unspecified atom stereocenters. The summed E-state index contributed by atoms with van der Waals surface area (Å²) in [4.78, 5) is 26.9. The molecule has 3 aromatic rings. The van der Waals surface area contributed by atoms with Crippen LogP contribution in [-0.4, -0.2) is 47.5 Å². The fourth-order valence-electron chi connectivity index (χ4n) is 3.14. The molecule has 1 fully saturated rings. The number of carbonyl (C=O) groups excluding carboxylic acids is 1. The summed E-state index contributed by atoms with van der Waals surface area (Å²) in [5, 5.41) is 5.76. The van der Waals surface area contributed by atoms with Crippen LogP contribution in [0.5, 0.6) is 0 Å². The molecule has 0 spiro atoms. The average molecular weight is 370 g/mol. The van der Waals surface area contributed by atoms with Gasteiger partial charge in [-0.1, -0.05) is 0 Å². The second-order valence-electron chi connectivity index (χ2n) is 6.58. The number of benzene rings is 1. The minimum Gasteiger partial charge on any atom is -0.441 e. The molecule has 140 valence electrons. The van der Waals surface area contributed by atoms with Gasteiger partial charge in [0.1, 0.15) is 17.0 Å². The maximum Gasteiger partial charge on any atom is 0.275 e. The number of nitrogens with zero attached hydrogens (tertiary/aromatic N) is 4. The second kappa shape index (κ2) is 6.92. The Bertz CT molecular complexity index is 981. The van der Waals surface area contributed by atoms with Gasteiger partial charge in [0.15, 0.2) is 17.3 Å². The first-order chi connectivity index (χ1) is 13.0. The number of oxazole rings is 1. The SMILES string of the molecule is CNCC1CN(c2cnc(C(=O)Nc3cc(F)c4nc(C)oc4c3)cn2)C1. The minimum absolute atomic E-state index is 0.140. The first-order valence-electron chi connectivity index (χ1n) is 8.63. The van der Waals surface area contributed by atoms with Crippen LogP contribution in [0, 0.1) is 18.7 Å². The zero-order chi connectivity index (χ0) is 19.0. The van der Waals surface area contributed by atoms with Gasteiger partial charge in [0.05, 0.1) is 12.4 Å². The summed E-state index contributed by atoms with van der Waals surface area (Å²) in [7, 11) is 1.93. The lowest BCUT2D eigenvalue weighted by atomic mass is 10.0. The van der Waals surface area contributed by atoms with E-state index in [1.807, 2.05) is 7.05 Å². The minimum atomic E-state index is -0.560. The summed E-state index contributed by atoms with van der Waals surface area (Å²) < 4.78 is 19.4. The van der Waals surface area contributed by atoms with Crippen LogP contribution < -0.4 is 15.5 Å². The summed E-state index contributed by atoms with van der Waals surface area (Å²) in [6, 6.07) is 2.73. The van der Waals surface area contributed by atoms with Gasteiger partial charge in [-0.15, -0.1) is 0 Å². The third kappa shape index (κ3) is 3.45. The summed E-state index contributed by atoms with van der Waals surface area (Å²) in [5.74, 6) is 0.667. The highest BCUT2D eigenvalue weighted by atomic mass is 19.1. The molecule has 1 saturated heterocycles. The van der Waals surface area contributed by atoms with Crippen molar-refractivity contribution in [2.24, 2.45) is 5.92 Å². The molecular weight excluding hydrogens is 351 g/mol. The monoisotopic (exact) mass is 370 g/mol. The molecule has 8 nitrogen and oxygen atoms in total. The summed E-state index contributed by atoms with van der Waals surface area (Å²) in [6.07, 6.45) is 3.00. The van der Waals surface area contributed by atoms with Crippen molar-refractivity contribution < 1.29 is 13.6 Å². The zero-order valence-corrected chi connectivity index (χ0v) is 15.0. The van der Waals surface area contributed by atoms with Crippen LogP contribution in [-0.2, 0) is 0 Å². The van der Waals surface area contributed by atoms with Crippen LogP contribution in [0.1, 0.15) is 16.4 Å². The van der Waals surface area contributed by atoms with E-state index in [4.69, 9.17) is 4.42 Å². The van der Waals surface area contributed by atoms with Crippen LogP contribution in [0.25, 0.3) is 11.1 Å². The maximum atomic E-state index is 14.1. The largest absolute Gasteiger partial charge is 0.441 e. The second-order valence-corrected chi connectivity index (χ2v) is 6.58. The Hall–Kier alpha value is -3.07. The van der Waals surface area contributed by atoms with Crippen molar-refractivity contribution in [2.75, 3.05) is 36.9 Å². The van der Waals surface area contributed by atoms with Crippen LogP contribution in [0.4, 0.5) is 15.9 Å². The molecule has 0 atom stereocenters. The Kier molecular flexibility index (Phi) is 4.44. The van der Waals surface area contributed by atoms with Crippen molar-refractivity contribution in [3.63, 3.8) is 0 Å². The lowest BCUT2D eigenvalue weighted by Crippen LogP contribution is -2.50. The Morgan fingerprint density at radius 1 is 1.33 bits per heavy atom. The number of amides is 1. The number of anilines is 2. The molecule has 1 aromatic carbocycles. The van der Waals surface area contributed by atoms with E-state index in [1.54, 1.807) is 13.1 Å². The van der Waals surface area contributed by atoms with Gasteiger partial charge in [-0.25, -0.2) is 19.3 Å². The van der Waals surface area contributed by atoms with E-state index >= 15 is 0 Å². The number of hydrogen-bond acceptors (Lipinski definition) is 7. The number of nitrogens with one attached hydrogen (secondary N) is 2. The highest BCUT2D eigenvalue weighted by molar-refractivity contribution is 6.03. The molecule has 1 aliphatic rings. The zero-order valence-electron chi connectivity index (χ0n) is 15.0. The van der Waals surface area contributed by atoms with E-state index in [0.717, 1.165) is 25.5 Å². The fraction of sp³-hybridized carbons (Fsp3) is 0.333. The molecule has 1 aliphatic heterocycles. The number of aryl methyl sites for hydroxylation is 1. The van der Waals surface area contributed by atoms with Gasteiger partial charge in [0.2, 0.25) is 0 Å². The van der Waals surface area contributed by atoms with Gasteiger partial charge in [0, 0.05) is 44.2 Å². The predicted molar refractivity (Wildman–Crippen MR) is 98.3 cm³/mol. The average Bonchev–Trinajstić information content (AvgIpc) is 2.99. The molecule has 3 heterocycles. The van der Waals surface area contributed by atoms with Crippen LogP contribution in [0.2, 0.25) is 0 Å². The summed E-state index contributed by atoms with van der Waals surface area (Å²) in [6.45, 7) is 4.43. The number of fused-ring (bicyclic) bond motifs is 1. The Labute approximate surface area is 154 Å². The molecule has 27 heavy (non-hydrogen) atoms. The van der Waals surface area contributed by atoms with Gasteiger partial charge >= 0.3 is 0 Å². The number of rotatable bonds is 5. The molecule has 0 bridgehead atoms. The van der Waals surface area contributed by atoms with E-state index in [-0.39, 0.29) is 22.5 Å². The van der Waals surface area contributed by atoms with E-state index in [0.29, 0.717) is 11.8 Å². The Balaban J connectivity index is 1.44. The van der Waals surface area contributed by atoms with Crippen molar-refractivity contribution in [3.05, 3.63) is 41.9 Å². The third-order valence-electron chi connectivity index (χ3n) is 4.46. The normalized spacial score (nSPS) is 14.4. The van der Waals surface area contributed by atoms with Crippen molar-refractivity contribution >= 4 is 28.5 Å². The number of halogens is 1. The first-order valence-corrected chi connectivity index (χ1v) is 8.63. The molecule has 0 radical (unpaired) electrons. The van der Waals surface area contributed by atoms with Gasteiger partial charge in [0.25, 0.3) is 5.91 Å². The van der Waals surface area contributed by atoms with Crippen LogP contribution in [0.3, 0.4) is 0 Å². The van der Waals surface area contributed by atoms with Gasteiger partial charge in [-0.3, -0.25) is 4.79 Å². The lowest BCUT2D eigenvalue weighted by Gasteiger charge is -2.39. The van der Waals surface area contributed by atoms with Gasteiger partial charge < -0.3 is 20.0 Å². The quantitative estimate of drug-likeness (QED) is 0.709. The van der Waals surface area contributed by atoms with Crippen molar-refractivity contribution in [1.29, 1.82) is 0 Å². The fourth-order valence-corrected chi connectivity index (χ4v) is 3.14. The van der Waals surface area contributed by atoms with Crippen molar-refractivity contribution in [1.82, 2.24) is 20.3 Å². The van der Waals surface area contributed by atoms with E-state index in [9.17, 15) is 9.18 Å². The number of hydrogen-bond donors (Lipinski definition) is 2. The van der Waals surface area contributed by atoms with Crippen molar-refractivity contribution in [3.8, 4) is 0 Å². The van der Waals surface area contributed by atoms with Crippen LogP contribution >= 0.6 is 0 Å². The molecule has 9 heteroatoms. The molecule has 4 rings (SSSR count). The summed E-state index contributed by atoms with van der Waals surface area (Å²) in [5.41, 5.74) is 0.837. The number of aromatic nitrogens is 3. The van der Waals surface area contributed by atoms with E-state index < -0.39 is 11.7 Å². The van der Waals surface area contributed by atoms with Crippen LogP contribution in [0.15, 0.2) is 28.9 Å². The first kappa shape index (κ1) is 17.3. The van der Waals surface area contributed by atoms with Gasteiger partial charge in [-0.05, 0) is 13.1 Å². The standard InChI is InChI=1S/C18H19FN6O2/c1-10-23-17-13(19)3-12(4-15(17)27-10)24-18(26)14-6-22-16(7-21-14)25-8-11(9-25)5-20-2/h3-4,6-7,11,20H,5,8-9H2,1-2H3,(H,24,26). The Morgan fingerprint density at radius 3 is 2.85 bits per heavy atom. The lowest BCUT2D eigenvalue weighted by molar-refractivity contribution is 0.102. The number of carbonyl (C=O) groups is 1. The highest BCUT2D eigenvalue weighted by Gasteiger charge is 2.27. The molecule has 2 aromatic heterocycles. The smallest absolute Gasteiger partial charge is 0.275 e. The predicted octanol–water partition coefficient (Wildman–Crippen LogP) is 1.97. The molecule has 0 aliphatic carbocycles. The van der Waals surface area contributed by atoms with E-state index in [2.05, 4.69) is 30.5 Å². The highest BCUT2D eigenvalue weighted by Crippen LogP contribution is 2.24. The molecule has 2 N–H and O–H groups in total. The molecular formula is C18H19FN6O2. The Morgan fingerprint density at radius 2 is 2.15 bits per heavy atom. The topological polar surface area (TPSA) is 96.2 Å². The summed E-state index contributed by atoms with van der Waals surface area (Å²) >= 11 is 0. The third-order valence-corrected chi connectivity index (χ3v) is 4.46. The van der Waals surface area contributed by atoms with Crippen molar-refractivity contribution in [2.45, 2.75) is 6.92 Å². The maximum absolute atomic E-state index is 14.1. The molecule has 1 amide bonds. The molecule has 0 saturated carbocycles. The van der Waals surface area contributed by atoms with E-state index in [1.165, 1.54) is 18.3 Å². The van der Waals surface area contributed by atoms with Gasteiger partial charge in [-0.2, -0.15) is 0 Å².